The molecule has 27 heavy (non-hydrogen) atoms. The number of nitrogens with zero attached hydrogens (tertiary/aromatic N) is 1. The van der Waals surface area contributed by atoms with Gasteiger partial charge in [-0.15, -0.1) is 0 Å². The first-order valence-electron chi connectivity index (χ1n) is 8.74. The van der Waals surface area contributed by atoms with E-state index in [0.717, 1.165) is 19.3 Å². The van der Waals surface area contributed by atoms with Crippen molar-refractivity contribution < 1.29 is 24.0 Å². The third kappa shape index (κ3) is 5.71. The summed E-state index contributed by atoms with van der Waals surface area (Å²) in [4.78, 5) is 35.1. The Balaban J connectivity index is 1.96. The van der Waals surface area contributed by atoms with Crippen LogP contribution in [-0.4, -0.2) is 35.0 Å². The lowest BCUT2D eigenvalue weighted by Gasteiger charge is -2.19. The third-order valence-electron chi connectivity index (χ3n) is 4.12. The summed E-state index contributed by atoms with van der Waals surface area (Å²) in [5.41, 5.74) is 11.3. The Bertz CT molecular complexity index is 804. The molecule has 1 aromatic carbocycles. The number of amides is 3. The van der Waals surface area contributed by atoms with Gasteiger partial charge in [0.15, 0.2) is 5.76 Å². The number of hydroxylamine groups is 2. The van der Waals surface area contributed by atoms with Crippen molar-refractivity contribution in [1.29, 1.82) is 0 Å². The van der Waals surface area contributed by atoms with E-state index < -0.39 is 17.7 Å². The number of hydrogen-bond acceptors (Lipinski definition) is 6. The SMILES string of the molecule is CCCCC[C@@H](CN(O)C=O)C(=O)NNC(=O)c1cc2cc(N)ccc2o1. The van der Waals surface area contributed by atoms with Crippen molar-refractivity contribution in [3.8, 4) is 0 Å². The Labute approximate surface area is 156 Å². The quantitative estimate of drug-likeness (QED) is 0.173. The highest BCUT2D eigenvalue weighted by molar-refractivity contribution is 5.97. The molecular weight excluding hydrogens is 352 g/mol. The molecule has 0 bridgehead atoms. The van der Waals surface area contributed by atoms with Gasteiger partial charge in [0.05, 0.1) is 12.5 Å². The van der Waals surface area contributed by atoms with Crippen molar-refractivity contribution in [3.63, 3.8) is 0 Å². The fourth-order valence-corrected chi connectivity index (χ4v) is 2.67. The fraction of sp³-hybridized carbons (Fsp3) is 0.389. The Morgan fingerprint density at radius 3 is 2.78 bits per heavy atom. The maximum Gasteiger partial charge on any atom is 0.305 e. The van der Waals surface area contributed by atoms with E-state index in [0.29, 0.717) is 28.1 Å². The van der Waals surface area contributed by atoms with Crippen LogP contribution in [0.3, 0.4) is 0 Å². The van der Waals surface area contributed by atoms with Crippen LogP contribution in [0.15, 0.2) is 28.7 Å². The van der Waals surface area contributed by atoms with Gasteiger partial charge in [0.25, 0.3) is 0 Å². The van der Waals surface area contributed by atoms with Gasteiger partial charge in [-0.2, -0.15) is 0 Å². The molecule has 2 aromatic rings. The Morgan fingerprint density at radius 1 is 1.30 bits per heavy atom. The zero-order valence-corrected chi connectivity index (χ0v) is 15.1. The summed E-state index contributed by atoms with van der Waals surface area (Å²) in [6.07, 6.45) is 3.37. The van der Waals surface area contributed by atoms with E-state index in [1.54, 1.807) is 18.2 Å². The molecule has 0 radical (unpaired) electrons. The van der Waals surface area contributed by atoms with Gasteiger partial charge in [-0.3, -0.25) is 30.4 Å². The number of hydrogen-bond donors (Lipinski definition) is 4. The van der Waals surface area contributed by atoms with Crippen molar-refractivity contribution in [2.75, 3.05) is 12.3 Å². The second-order valence-corrected chi connectivity index (χ2v) is 6.27. The number of fused-ring (bicyclic) bond motifs is 1. The highest BCUT2D eigenvalue weighted by atomic mass is 16.5. The molecule has 146 valence electrons. The van der Waals surface area contributed by atoms with Gasteiger partial charge in [0.2, 0.25) is 12.3 Å². The summed E-state index contributed by atoms with van der Waals surface area (Å²) < 4.78 is 5.43. The predicted molar refractivity (Wildman–Crippen MR) is 98.4 cm³/mol. The molecule has 0 fully saturated rings. The van der Waals surface area contributed by atoms with Gasteiger partial charge < -0.3 is 10.2 Å². The number of nitrogens with one attached hydrogen (secondary N) is 2. The normalized spacial score (nSPS) is 11.8. The van der Waals surface area contributed by atoms with Gasteiger partial charge >= 0.3 is 5.91 Å². The zero-order chi connectivity index (χ0) is 19.8. The number of nitrogen functional groups attached to an aromatic ring is 1. The van der Waals surface area contributed by atoms with Crippen molar-refractivity contribution in [1.82, 2.24) is 15.9 Å². The van der Waals surface area contributed by atoms with Crippen molar-refractivity contribution in [3.05, 3.63) is 30.0 Å². The summed E-state index contributed by atoms with van der Waals surface area (Å²) in [5, 5.41) is 10.5. The number of anilines is 1. The van der Waals surface area contributed by atoms with Crippen molar-refractivity contribution in [2.24, 2.45) is 5.92 Å². The smallest absolute Gasteiger partial charge is 0.305 e. The first kappa shape index (κ1) is 20.2. The number of nitrogens with two attached hydrogens (primary N) is 1. The minimum Gasteiger partial charge on any atom is -0.451 e. The zero-order valence-electron chi connectivity index (χ0n) is 15.1. The molecule has 0 saturated heterocycles. The number of benzene rings is 1. The molecule has 2 rings (SSSR count). The van der Waals surface area contributed by atoms with Crippen LogP contribution in [0.5, 0.6) is 0 Å². The van der Waals surface area contributed by atoms with Crippen LogP contribution in [0.1, 0.15) is 43.2 Å². The van der Waals surface area contributed by atoms with Crippen LogP contribution in [0.25, 0.3) is 11.0 Å². The van der Waals surface area contributed by atoms with Crippen LogP contribution in [0.2, 0.25) is 0 Å². The maximum absolute atomic E-state index is 12.3. The molecule has 0 unspecified atom stereocenters. The van der Waals surface area contributed by atoms with Crippen LogP contribution in [0.4, 0.5) is 5.69 Å². The Kier molecular flexibility index (Phi) is 7.18. The molecule has 0 spiro atoms. The molecule has 1 aromatic heterocycles. The fourth-order valence-electron chi connectivity index (χ4n) is 2.67. The second-order valence-electron chi connectivity index (χ2n) is 6.27. The average molecular weight is 376 g/mol. The molecule has 0 aliphatic rings. The maximum atomic E-state index is 12.3. The van der Waals surface area contributed by atoms with Gasteiger partial charge in [0, 0.05) is 11.1 Å². The van der Waals surface area contributed by atoms with Crippen LogP contribution >= 0.6 is 0 Å². The van der Waals surface area contributed by atoms with E-state index in [1.165, 1.54) is 6.07 Å². The van der Waals surface area contributed by atoms with Crippen molar-refractivity contribution in [2.45, 2.75) is 32.6 Å². The first-order valence-corrected chi connectivity index (χ1v) is 8.74. The molecule has 3 amide bonds. The summed E-state index contributed by atoms with van der Waals surface area (Å²) in [5.74, 6) is -1.75. The van der Waals surface area contributed by atoms with Crippen LogP contribution in [0, 0.1) is 5.92 Å². The highest BCUT2D eigenvalue weighted by Crippen LogP contribution is 2.21. The minimum absolute atomic E-state index is 0.0232. The number of furan rings is 1. The minimum atomic E-state index is -0.650. The standard InChI is InChI=1S/C18H24N4O5/c1-2-3-4-5-12(10-22(26)11-23)17(24)20-21-18(25)16-9-13-8-14(19)6-7-15(13)27-16/h6-9,11-12,26H,2-5,10,19H2,1H3,(H,20,24)(H,21,25)/t12-/m0/s1. The number of hydrazine groups is 1. The summed E-state index contributed by atoms with van der Waals surface area (Å²) in [7, 11) is 0. The Hall–Kier alpha value is -3.07. The van der Waals surface area contributed by atoms with E-state index in [-0.39, 0.29) is 18.7 Å². The number of carbonyl (C=O) groups is 3. The van der Waals surface area contributed by atoms with E-state index >= 15 is 0 Å². The molecule has 0 aliphatic heterocycles. The first-order chi connectivity index (χ1) is 12.9. The lowest BCUT2D eigenvalue weighted by atomic mass is 10.0. The monoisotopic (exact) mass is 376 g/mol. The van der Waals surface area contributed by atoms with Gasteiger partial charge in [-0.05, 0) is 30.7 Å². The molecule has 0 saturated carbocycles. The number of rotatable bonds is 9. The van der Waals surface area contributed by atoms with E-state index in [4.69, 9.17) is 10.2 Å². The summed E-state index contributed by atoms with van der Waals surface area (Å²) in [6, 6.07) is 6.50. The second kappa shape index (κ2) is 9.58. The lowest BCUT2D eigenvalue weighted by Crippen LogP contribution is -2.46. The number of carbonyl (C=O) groups excluding carboxylic acids is 3. The van der Waals surface area contributed by atoms with Gasteiger partial charge in [0.1, 0.15) is 5.58 Å². The molecular formula is C18H24N4O5. The van der Waals surface area contributed by atoms with Crippen LogP contribution in [-0.2, 0) is 9.59 Å². The molecule has 1 atom stereocenters. The largest absolute Gasteiger partial charge is 0.451 e. The summed E-state index contributed by atoms with van der Waals surface area (Å²) in [6.45, 7) is 1.87. The molecule has 0 aliphatic carbocycles. The van der Waals surface area contributed by atoms with E-state index in [1.807, 2.05) is 6.92 Å². The van der Waals surface area contributed by atoms with Gasteiger partial charge in [-0.1, -0.05) is 26.2 Å². The lowest BCUT2D eigenvalue weighted by molar-refractivity contribution is -0.154. The average Bonchev–Trinajstić information content (AvgIpc) is 3.08. The molecule has 1 heterocycles. The Morgan fingerprint density at radius 2 is 2.07 bits per heavy atom. The van der Waals surface area contributed by atoms with E-state index in [9.17, 15) is 19.6 Å². The third-order valence-corrected chi connectivity index (χ3v) is 4.12. The van der Waals surface area contributed by atoms with Gasteiger partial charge in [-0.25, -0.2) is 5.06 Å². The van der Waals surface area contributed by atoms with E-state index in [2.05, 4.69) is 10.9 Å². The summed E-state index contributed by atoms with van der Waals surface area (Å²) >= 11 is 0. The topological polar surface area (TPSA) is 138 Å². The van der Waals surface area contributed by atoms with Crippen molar-refractivity contribution >= 4 is 34.9 Å². The highest BCUT2D eigenvalue weighted by Gasteiger charge is 2.22. The molecule has 5 N–H and O–H groups in total. The number of unbranched alkanes of at least 4 members (excludes halogenated alkanes) is 2. The molecule has 9 nitrogen and oxygen atoms in total. The van der Waals surface area contributed by atoms with Crippen LogP contribution < -0.4 is 16.6 Å². The predicted octanol–water partition coefficient (Wildman–Crippen LogP) is 1.82. The molecule has 9 heteroatoms.